The molecule has 0 fully saturated rings. The van der Waals surface area contributed by atoms with Gasteiger partial charge in [0.1, 0.15) is 12.5 Å². The number of alkyl halides is 1. The Morgan fingerprint density at radius 2 is 2.11 bits per heavy atom. The molecular weight excluding hydrogens is 234 g/mol. The zero-order valence-electron chi connectivity index (χ0n) is 11.0. The molecule has 98 valence electrons. The summed E-state index contributed by atoms with van der Waals surface area (Å²) in [6.07, 6.45) is 4.83. The fourth-order valence-electron chi connectivity index (χ4n) is 1.79. The zero-order chi connectivity index (χ0) is 13.5. The molecule has 0 unspecified atom stereocenters. The van der Waals surface area contributed by atoms with Crippen molar-refractivity contribution < 1.29 is 13.5 Å². The summed E-state index contributed by atoms with van der Waals surface area (Å²) in [5.41, 5.74) is 2.72. The van der Waals surface area contributed by atoms with E-state index >= 15 is 0 Å². The molecule has 0 aliphatic rings. The first-order valence-electron chi connectivity index (χ1n) is 5.81. The minimum absolute atomic E-state index is 0.356. The number of allylic oxidation sites excluding steroid dienone is 4. The Labute approximate surface area is 107 Å². The van der Waals surface area contributed by atoms with Crippen molar-refractivity contribution in [2.45, 2.75) is 20.5 Å². The highest BCUT2D eigenvalue weighted by Crippen LogP contribution is 2.24. The average Bonchev–Trinajstić information content (AvgIpc) is 2.33. The Kier molecular flexibility index (Phi) is 5.72. The predicted octanol–water partition coefficient (Wildman–Crippen LogP) is 4.21. The number of hydrogen-bond acceptors (Lipinski definition) is 1. The molecule has 0 amide bonds. The Morgan fingerprint density at radius 1 is 1.39 bits per heavy atom. The smallest absolute Gasteiger partial charge is 0.131 e. The molecular formula is C15H18F2O. The van der Waals surface area contributed by atoms with E-state index in [0.717, 1.165) is 11.1 Å². The molecule has 0 aromatic heterocycles. The maximum Gasteiger partial charge on any atom is 0.131 e. The van der Waals surface area contributed by atoms with Crippen molar-refractivity contribution in [3.63, 3.8) is 0 Å². The molecule has 0 heterocycles. The van der Waals surface area contributed by atoms with E-state index in [4.69, 9.17) is 4.74 Å². The van der Waals surface area contributed by atoms with Crippen molar-refractivity contribution >= 4 is 5.57 Å². The van der Waals surface area contributed by atoms with Gasteiger partial charge in [-0.1, -0.05) is 12.2 Å². The molecule has 0 N–H and O–H groups in total. The second-order valence-electron chi connectivity index (χ2n) is 4.01. The normalized spacial score (nSPS) is 12.4. The summed E-state index contributed by atoms with van der Waals surface area (Å²) in [5.74, 6) is -0.356. The largest absolute Gasteiger partial charge is 0.380 e. The van der Waals surface area contributed by atoms with E-state index in [1.807, 2.05) is 13.8 Å². The van der Waals surface area contributed by atoms with E-state index in [9.17, 15) is 8.78 Å². The first-order chi connectivity index (χ1) is 8.63. The van der Waals surface area contributed by atoms with Crippen LogP contribution < -0.4 is 0 Å². The van der Waals surface area contributed by atoms with Crippen LogP contribution in [0.1, 0.15) is 23.6 Å². The van der Waals surface area contributed by atoms with Gasteiger partial charge in [0.15, 0.2) is 0 Å². The summed E-state index contributed by atoms with van der Waals surface area (Å²) >= 11 is 0. The molecule has 0 atom stereocenters. The van der Waals surface area contributed by atoms with Crippen LogP contribution in [-0.4, -0.2) is 13.8 Å². The van der Waals surface area contributed by atoms with Gasteiger partial charge in [-0.3, -0.25) is 0 Å². The number of methoxy groups -OCH3 is 1. The summed E-state index contributed by atoms with van der Waals surface area (Å²) in [4.78, 5) is 0. The lowest BCUT2D eigenvalue weighted by Crippen LogP contribution is -1.97. The fraction of sp³-hybridized carbons (Fsp3) is 0.333. The van der Waals surface area contributed by atoms with Crippen LogP contribution in [0.2, 0.25) is 0 Å². The molecule has 1 aromatic rings. The zero-order valence-corrected chi connectivity index (χ0v) is 11.0. The molecule has 0 spiro atoms. The van der Waals surface area contributed by atoms with Gasteiger partial charge in [0.25, 0.3) is 0 Å². The number of aryl methyl sites for hydroxylation is 1. The van der Waals surface area contributed by atoms with Crippen LogP contribution in [0.4, 0.5) is 8.78 Å². The average molecular weight is 252 g/mol. The number of benzene rings is 1. The summed E-state index contributed by atoms with van der Waals surface area (Å²) in [6.45, 7) is 3.46. The number of halogens is 2. The van der Waals surface area contributed by atoms with Crippen molar-refractivity contribution in [2.24, 2.45) is 0 Å². The van der Waals surface area contributed by atoms with Gasteiger partial charge in [-0.25, -0.2) is 8.78 Å². The van der Waals surface area contributed by atoms with Crippen molar-refractivity contribution in [3.8, 4) is 0 Å². The van der Waals surface area contributed by atoms with Gasteiger partial charge in [0, 0.05) is 12.7 Å². The van der Waals surface area contributed by atoms with Gasteiger partial charge in [0.05, 0.1) is 6.61 Å². The molecule has 1 nitrogen and oxygen atoms in total. The van der Waals surface area contributed by atoms with Crippen molar-refractivity contribution in [1.82, 2.24) is 0 Å². The minimum Gasteiger partial charge on any atom is -0.380 e. The summed E-state index contributed by atoms with van der Waals surface area (Å²) in [5, 5.41) is 0. The number of ether oxygens (including phenoxy) is 1. The van der Waals surface area contributed by atoms with Gasteiger partial charge < -0.3 is 4.74 Å². The highest BCUT2D eigenvalue weighted by molar-refractivity contribution is 5.75. The van der Waals surface area contributed by atoms with E-state index < -0.39 is 6.67 Å². The molecule has 0 aliphatic carbocycles. The van der Waals surface area contributed by atoms with Crippen LogP contribution in [0, 0.1) is 12.7 Å². The molecule has 0 radical (unpaired) electrons. The summed E-state index contributed by atoms with van der Waals surface area (Å²) < 4.78 is 31.4. The van der Waals surface area contributed by atoms with E-state index in [2.05, 4.69) is 0 Å². The second kappa shape index (κ2) is 7.07. The van der Waals surface area contributed by atoms with Gasteiger partial charge in [-0.15, -0.1) is 0 Å². The lowest BCUT2D eigenvalue weighted by Gasteiger charge is -2.10. The van der Waals surface area contributed by atoms with Gasteiger partial charge in [-0.05, 0) is 48.8 Å². The fourth-order valence-corrected chi connectivity index (χ4v) is 1.79. The van der Waals surface area contributed by atoms with Crippen LogP contribution in [0.5, 0.6) is 0 Å². The Morgan fingerprint density at radius 3 is 2.67 bits per heavy atom. The molecule has 3 heteroatoms. The highest BCUT2D eigenvalue weighted by Gasteiger charge is 2.09. The highest BCUT2D eigenvalue weighted by atomic mass is 19.1. The Bertz CT molecular complexity index is 462. The number of rotatable bonds is 5. The summed E-state index contributed by atoms with van der Waals surface area (Å²) in [6, 6.07) is 3.18. The number of hydrogen-bond donors (Lipinski definition) is 0. The predicted molar refractivity (Wildman–Crippen MR) is 70.6 cm³/mol. The third-order valence-corrected chi connectivity index (χ3v) is 2.68. The standard InChI is InChI=1S/C15H18F2O/c1-4-5-12(6-7-16)14-8-11(2)13(10-18-3)9-15(14)17/h4-6,8-9H,7,10H2,1-3H3/b5-4-,12-6+. The van der Waals surface area contributed by atoms with Crippen molar-refractivity contribution in [1.29, 1.82) is 0 Å². The molecule has 0 saturated heterocycles. The molecule has 18 heavy (non-hydrogen) atoms. The first kappa shape index (κ1) is 14.6. The van der Waals surface area contributed by atoms with E-state index in [-0.39, 0.29) is 5.82 Å². The SMILES string of the molecule is C/C=C\C(=C/CF)c1cc(C)c(COC)cc1F. The van der Waals surface area contributed by atoms with Gasteiger partial charge in [-0.2, -0.15) is 0 Å². The van der Waals surface area contributed by atoms with Crippen LogP contribution in [-0.2, 0) is 11.3 Å². The molecule has 0 bridgehead atoms. The van der Waals surface area contributed by atoms with Crippen LogP contribution in [0.3, 0.4) is 0 Å². The van der Waals surface area contributed by atoms with E-state index in [0.29, 0.717) is 17.7 Å². The third-order valence-electron chi connectivity index (χ3n) is 2.68. The first-order valence-corrected chi connectivity index (χ1v) is 5.81. The Balaban J connectivity index is 3.24. The minimum atomic E-state index is -0.613. The maximum atomic E-state index is 14.0. The van der Waals surface area contributed by atoms with E-state index in [1.54, 1.807) is 25.3 Å². The monoisotopic (exact) mass is 252 g/mol. The molecule has 1 aromatic carbocycles. The summed E-state index contributed by atoms with van der Waals surface area (Å²) in [7, 11) is 1.57. The van der Waals surface area contributed by atoms with Gasteiger partial charge >= 0.3 is 0 Å². The maximum absolute atomic E-state index is 14.0. The van der Waals surface area contributed by atoms with Crippen LogP contribution >= 0.6 is 0 Å². The van der Waals surface area contributed by atoms with Gasteiger partial charge in [0.2, 0.25) is 0 Å². The quantitative estimate of drug-likeness (QED) is 0.713. The second-order valence-corrected chi connectivity index (χ2v) is 4.01. The molecule has 0 saturated carbocycles. The van der Waals surface area contributed by atoms with Crippen LogP contribution in [0.25, 0.3) is 5.57 Å². The van der Waals surface area contributed by atoms with Crippen molar-refractivity contribution in [2.75, 3.05) is 13.8 Å². The van der Waals surface area contributed by atoms with E-state index in [1.165, 1.54) is 12.1 Å². The van der Waals surface area contributed by atoms with Crippen LogP contribution in [0.15, 0.2) is 30.4 Å². The molecule has 1 rings (SSSR count). The lowest BCUT2D eigenvalue weighted by molar-refractivity contribution is 0.184. The lowest BCUT2D eigenvalue weighted by atomic mass is 9.98. The Hall–Kier alpha value is -1.48. The molecule has 0 aliphatic heterocycles. The van der Waals surface area contributed by atoms with Crippen molar-refractivity contribution in [3.05, 3.63) is 52.9 Å². The third kappa shape index (κ3) is 3.50. The topological polar surface area (TPSA) is 9.23 Å².